The zero-order valence-corrected chi connectivity index (χ0v) is 13.8. The summed E-state index contributed by atoms with van der Waals surface area (Å²) in [5.41, 5.74) is 4.68. The number of hydrogen-bond acceptors (Lipinski definition) is 3. The predicted octanol–water partition coefficient (Wildman–Crippen LogP) is 2.10. The average Bonchev–Trinajstić information content (AvgIpc) is 2.82. The van der Waals surface area contributed by atoms with E-state index in [2.05, 4.69) is 22.4 Å². The molecular formula is C18H24N2O3. The average molecular weight is 316 g/mol. The summed E-state index contributed by atoms with van der Waals surface area (Å²) in [7, 11) is 0. The van der Waals surface area contributed by atoms with Crippen LogP contribution in [0.2, 0.25) is 0 Å². The van der Waals surface area contributed by atoms with Crippen LogP contribution >= 0.6 is 0 Å². The molecule has 1 aromatic heterocycles. The zero-order chi connectivity index (χ0) is 16.7. The Kier molecular flexibility index (Phi) is 4.17. The molecule has 1 saturated carbocycles. The third-order valence-electron chi connectivity index (χ3n) is 4.87. The van der Waals surface area contributed by atoms with Crippen molar-refractivity contribution in [2.75, 3.05) is 0 Å². The van der Waals surface area contributed by atoms with Gasteiger partial charge in [-0.2, -0.15) is 0 Å². The van der Waals surface area contributed by atoms with Crippen molar-refractivity contribution in [2.24, 2.45) is 0 Å². The topological polar surface area (TPSA) is 85.4 Å². The summed E-state index contributed by atoms with van der Waals surface area (Å²) in [6.07, 6.45) is 0.399. The normalized spacial score (nSPS) is 24.8. The second-order valence-electron chi connectivity index (χ2n) is 6.70. The van der Waals surface area contributed by atoms with E-state index in [1.807, 2.05) is 20.8 Å². The molecule has 1 heterocycles. The van der Waals surface area contributed by atoms with E-state index in [0.29, 0.717) is 18.5 Å². The zero-order valence-electron chi connectivity index (χ0n) is 13.8. The van der Waals surface area contributed by atoms with E-state index in [1.54, 1.807) is 0 Å². The first-order valence-corrected chi connectivity index (χ1v) is 8.15. The van der Waals surface area contributed by atoms with Crippen LogP contribution in [0.4, 0.5) is 0 Å². The van der Waals surface area contributed by atoms with Crippen LogP contribution in [-0.4, -0.2) is 39.4 Å². The largest absolute Gasteiger partial charge is 0.390 e. The van der Waals surface area contributed by atoms with Gasteiger partial charge in [-0.05, 0) is 57.2 Å². The van der Waals surface area contributed by atoms with Crippen LogP contribution in [0.5, 0.6) is 0 Å². The molecular weight excluding hydrogens is 292 g/mol. The summed E-state index contributed by atoms with van der Waals surface area (Å²) < 4.78 is 0. The van der Waals surface area contributed by atoms with E-state index in [4.69, 9.17) is 0 Å². The maximum absolute atomic E-state index is 12.6. The molecule has 1 aliphatic rings. The lowest BCUT2D eigenvalue weighted by atomic mass is 9.90. The van der Waals surface area contributed by atoms with E-state index >= 15 is 0 Å². The second-order valence-corrected chi connectivity index (χ2v) is 6.70. The van der Waals surface area contributed by atoms with E-state index < -0.39 is 18.2 Å². The number of fused-ring (bicyclic) bond motifs is 1. The minimum atomic E-state index is -0.902. The molecule has 2 aromatic rings. The van der Waals surface area contributed by atoms with Gasteiger partial charge in [-0.25, -0.2) is 0 Å². The minimum absolute atomic E-state index is 0.228. The third-order valence-corrected chi connectivity index (χ3v) is 4.87. The van der Waals surface area contributed by atoms with Gasteiger partial charge in [0.25, 0.3) is 5.91 Å². The SMILES string of the molecule is Cc1cc(C)c2[nH]c(C(=O)N[C@@H]3CCC[C@@H](O)[C@@H]3O)c(C)c2c1. The fourth-order valence-corrected chi connectivity index (χ4v) is 3.56. The van der Waals surface area contributed by atoms with Gasteiger partial charge in [-0.15, -0.1) is 0 Å². The van der Waals surface area contributed by atoms with Crippen molar-refractivity contribution in [3.05, 3.63) is 34.5 Å². The highest BCUT2D eigenvalue weighted by Gasteiger charge is 2.32. The van der Waals surface area contributed by atoms with Gasteiger partial charge in [-0.1, -0.05) is 11.6 Å². The molecule has 124 valence electrons. The number of aliphatic hydroxyl groups is 2. The first-order valence-electron chi connectivity index (χ1n) is 8.15. The molecule has 3 atom stereocenters. The Morgan fingerprint density at radius 2 is 1.96 bits per heavy atom. The summed E-state index contributed by atoms with van der Waals surface area (Å²) in [5, 5.41) is 23.7. The molecule has 0 saturated heterocycles. The molecule has 1 aromatic carbocycles. The van der Waals surface area contributed by atoms with E-state index in [9.17, 15) is 15.0 Å². The number of aromatic nitrogens is 1. The van der Waals surface area contributed by atoms with Crippen molar-refractivity contribution >= 4 is 16.8 Å². The number of hydrogen-bond donors (Lipinski definition) is 4. The maximum atomic E-state index is 12.6. The Labute approximate surface area is 135 Å². The van der Waals surface area contributed by atoms with E-state index in [0.717, 1.165) is 34.0 Å². The molecule has 0 bridgehead atoms. The number of carbonyl (C=O) groups excluding carboxylic acids is 1. The second kappa shape index (κ2) is 5.98. The Balaban J connectivity index is 1.89. The van der Waals surface area contributed by atoms with Gasteiger partial charge in [0.15, 0.2) is 0 Å². The van der Waals surface area contributed by atoms with Gasteiger partial charge in [-0.3, -0.25) is 4.79 Å². The number of aliphatic hydroxyl groups excluding tert-OH is 2. The van der Waals surface area contributed by atoms with Crippen molar-refractivity contribution in [3.63, 3.8) is 0 Å². The highest BCUT2D eigenvalue weighted by atomic mass is 16.3. The van der Waals surface area contributed by atoms with Crippen LogP contribution in [-0.2, 0) is 0 Å². The molecule has 5 nitrogen and oxygen atoms in total. The molecule has 23 heavy (non-hydrogen) atoms. The van der Waals surface area contributed by atoms with Crippen molar-refractivity contribution in [1.82, 2.24) is 10.3 Å². The van der Waals surface area contributed by atoms with Crippen LogP contribution in [0.15, 0.2) is 12.1 Å². The quantitative estimate of drug-likeness (QED) is 0.684. The first-order chi connectivity index (χ1) is 10.9. The summed E-state index contributed by atoms with van der Waals surface area (Å²) >= 11 is 0. The molecule has 0 radical (unpaired) electrons. The Morgan fingerprint density at radius 3 is 2.70 bits per heavy atom. The number of aromatic amines is 1. The molecule has 5 heteroatoms. The highest BCUT2D eigenvalue weighted by Crippen LogP contribution is 2.26. The summed E-state index contributed by atoms with van der Waals surface area (Å²) in [4.78, 5) is 15.8. The molecule has 0 spiro atoms. The number of benzene rings is 1. The van der Waals surface area contributed by atoms with Gasteiger partial charge in [0.05, 0.1) is 18.2 Å². The van der Waals surface area contributed by atoms with Gasteiger partial charge < -0.3 is 20.5 Å². The smallest absolute Gasteiger partial charge is 0.268 e. The van der Waals surface area contributed by atoms with Gasteiger partial charge >= 0.3 is 0 Å². The van der Waals surface area contributed by atoms with Gasteiger partial charge in [0.2, 0.25) is 0 Å². The lowest BCUT2D eigenvalue weighted by Crippen LogP contribution is -2.51. The van der Waals surface area contributed by atoms with Crippen LogP contribution in [0.1, 0.15) is 46.4 Å². The minimum Gasteiger partial charge on any atom is -0.390 e. The van der Waals surface area contributed by atoms with Crippen molar-refractivity contribution in [3.8, 4) is 0 Å². The number of H-pyrrole nitrogens is 1. The van der Waals surface area contributed by atoms with E-state index in [1.165, 1.54) is 0 Å². The van der Waals surface area contributed by atoms with Crippen LogP contribution in [0.25, 0.3) is 10.9 Å². The van der Waals surface area contributed by atoms with Crippen molar-refractivity contribution < 1.29 is 15.0 Å². The van der Waals surface area contributed by atoms with Crippen LogP contribution < -0.4 is 5.32 Å². The molecule has 1 amide bonds. The highest BCUT2D eigenvalue weighted by molar-refractivity contribution is 6.01. The van der Waals surface area contributed by atoms with Gasteiger partial charge in [0, 0.05) is 10.9 Å². The Morgan fingerprint density at radius 1 is 1.22 bits per heavy atom. The molecule has 3 rings (SSSR count). The fraction of sp³-hybridized carbons (Fsp3) is 0.500. The van der Waals surface area contributed by atoms with Crippen molar-refractivity contribution in [2.45, 2.75) is 58.3 Å². The lowest BCUT2D eigenvalue weighted by molar-refractivity contribution is -0.0278. The molecule has 1 fully saturated rings. The molecule has 0 aliphatic heterocycles. The molecule has 0 unspecified atom stereocenters. The van der Waals surface area contributed by atoms with Crippen molar-refractivity contribution in [1.29, 1.82) is 0 Å². The standard InChI is InChI=1S/C18H24N2O3/c1-9-7-10(2)15-12(8-9)11(3)16(20-15)18(23)19-13-5-4-6-14(21)17(13)22/h7-8,13-14,17,20-22H,4-6H2,1-3H3,(H,19,23)/t13-,14-,17-/m1/s1. The predicted molar refractivity (Wildman–Crippen MR) is 89.6 cm³/mol. The van der Waals surface area contributed by atoms with Crippen LogP contribution in [0.3, 0.4) is 0 Å². The first kappa shape index (κ1) is 16.0. The molecule has 1 aliphatic carbocycles. The Hall–Kier alpha value is -1.85. The lowest BCUT2D eigenvalue weighted by Gasteiger charge is -2.32. The number of carbonyl (C=O) groups is 1. The van der Waals surface area contributed by atoms with E-state index in [-0.39, 0.29) is 5.91 Å². The fourth-order valence-electron chi connectivity index (χ4n) is 3.56. The summed E-state index contributed by atoms with van der Waals surface area (Å²) in [6.45, 7) is 5.99. The van der Waals surface area contributed by atoms with Crippen LogP contribution in [0, 0.1) is 20.8 Å². The Bertz CT molecular complexity index is 750. The third kappa shape index (κ3) is 2.86. The number of nitrogens with one attached hydrogen (secondary N) is 2. The monoisotopic (exact) mass is 316 g/mol. The summed E-state index contributed by atoms with van der Waals surface area (Å²) in [6, 6.07) is 3.76. The summed E-state index contributed by atoms with van der Waals surface area (Å²) in [5.74, 6) is -0.228. The number of amides is 1. The molecule has 4 N–H and O–H groups in total. The van der Waals surface area contributed by atoms with Gasteiger partial charge in [0.1, 0.15) is 5.69 Å². The maximum Gasteiger partial charge on any atom is 0.268 e. The number of rotatable bonds is 2. The number of aryl methyl sites for hydroxylation is 3.